The summed E-state index contributed by atoms with van der Waals surface area (Å²) in [4.78, 5) is 3.97. The van der Waals surface area contributed by atoms with Crippen LogP contribution in [0.25, 0.3) is 10.2 Å². The molecule has 4 N–H and O–H groups in total. The van der Waals surface area contributed by atoms with Gasteiger partial charge in [-0.15, -0.1) is 26.3 Å². The summed E-state index contributed by atoms with van der Waals surface area (Å²) in [7, 11) is -2.64. The first-order valence-corrected chi connectivity index (χ1v) is 11.8. The Labute approximate surface area is 176 Å². The molecule has 2 aromatic heterocycles. The molecule has 0 aliphatic carbocycles. The molecule has 0 bridgehead atoms. The van der Waals surface area contributed by atoms with Crippen molar-refractivity contribution in [3.63, 3.8) is 0 Å². The normalized spacial score (nSPS) is 12.4. The zero-order chi connectivity index (χ0) is 21.0. The van der Waals surface area contributed by atoms with Gasteiger partial charge in [-0.25, -0.2) is 14.9 Å². The van der Waals surface area contributed by atoms with Crippen LogP contribution in [0.4, 0.5) is 16.6 Å². The standard InChI is InChI=1S/C13H14N6O6S4/c1-19-11(14)10(12(18-19)26-4-5-27-25-24-20)16-17-13-15-8-6-7(29(21,22)23)2-3-9(8)28-13/h2-3,6,20H,4-5,14H2,1H3,(H,21,22,23). The van der Waals surface area contributed by atoms with Crippen LogP contribution in [-0.4, -0.2) is 44.5 Å². The van der Waals surface area contributed by atoms with Gasteiger partial charge in [0.25, 0.3) is 10.1 Å². The highest BCUT2D eigenvalue weighted by Crippen LogP contribution is 2.36. The van der Waals surface area contributed by atoms with Crippen LogP contribution >= 0.6 is 35.1 Å². The molecule has 0 saturated heterocycles. The largest absolute Gasteiger partial charge is 0.382 e. The van der Waals surface area contributed by atoms with Crippen LogP contribution in [0, 0.1) is 0 Å². The average Bonchev–Trinajstić information content (AvgIpc) is 3.19. The first kappa shape index (κ1) is 21.9. The molecule has 156 valence electrons. The lowest BCUT2D eigenvalue weighted by Gasteiger charge is -1.97. The maximum Gasteiger partial charge on any atom is 0.294 e. The van der Waals surface area contributed by atoms with Crippen LogP contribution in [0.3, 0.4) is 0 Å². The second-order valence-corrected chi connectivity index (χ2v) is 9.57. The fourth-order valence-electron chi connectivity index (χ4n) is 2.11. The molecule has 2 heterocycles. The molecule has 3 aromatic rings. The van der Waals surface area contributed by atoms with Crippen LogP contribution < -0.4 is 5.73 Å². The molecule has 12 nitrogen and oxygen atoms in total. The number of nitrogen functional groups attached to an aromatic ring is 1. The summed E-state index contributed by atoms with van der Waals surface area (Å²) in [5.41, 5.74) is 6.75. The molecule has 29 heavy (non-hydrogen) atoms. The molecule has 3 rings (SSSR count). The number of anilines is 1. The first-order valence-electron chi connectivity index (χ1n) is 7.64. The number of benzene rings is 1. The third-order valence-electron chi connectivity index (χ3n) is 3.40. The average molecular weight is 479 g/mol. The molecule has 0 unspecified atom stereocenters. The number of aryl methyl sites for hydroxylation is 1. The molecule has 0 radical (unpaired) electrons. The van der Waals surface area contributed by atoms with E-state index in [-0.39, 0.29) is 10.0 Å². The summed E-state index contributed by atoms with van der Waals surface area (Å²) < 4.78 is 38.1. The van der Waals surface area contributed by atoms with E-state index < -0.39 is 10.1 Å². The number of nitrogens with zero attached hydrogens (tertiary/aromatic N) is 5. The lowest BCUT2D eigenvalue weighted by Crippen LogP contribution is -1.97. The van der Waals surface area contributed by atoms with Crippen molar-refractivity contribution in [3.05, 3.63) is 18.2 Å². The van der Waals surface area contributed by atoms with Gasteiger partial charge in [-0.3, -0.25) is 4.55 Å². The van der Waals surface area contributed by atoms with Gasteiger partial charge in [-0.05, 0) is 18.2 Å². The molecule has 16 heteroatoms. The minimum absolute atomic E-state index is 0.248. The summed E-state index contributed by atoms with van der Waals surface area (Å²) in [6, 6.07) is 4.08. The van der Waals surface area contributed by atoms with E-state index in [1.807, 2.05) is 0 Å². The van der Waals surface area contributed by atoms with E-state index >= 15 is 0 Å². The van der Waals surface area contributed by atoms with Gasteiger partial charge in [-0.1, -0.05) is 16.4 Å². The number of azo groups is 1. The van der Waals surface area contributed by atoms with Crippen molar-refractivity contribution in [1.82, 2.24) is 14.8 Å². The summed E-state index contributed by atoms with van der Waals surface area (Å²) >= 11 is 3.49. The highest BCUT2D eigenvalue weighted by molar-refractivity contribution is 8.01. The first-order chi connectivity index (χ1) is 13.8. The van der Waals surface area contributed by atoms with Crippen LogP contribution in [0.1, 0.15) is 0 Å². The topological polar surface area (TPSA) is 175 Å². The Morgan fingerprint density at radius 3 is 2.86 bits per heavy atom. The van der Waals surface area contributed by atoms with Crippen molar-refractivity contribution >= 4 is 72.1 Å². The van der Waals surface area contributed by atoms with Gasteiger partial charge in [0.15, 0.2) is 11.5 Å². The number of hydrogen-bond acceptors (Lipinski definition) is 13. The Bertz CT molecular complexity index is 1140. The zero-order valence-electron chi connectivity index (χ0n) is 14.6. The number of rotatable bonds is 9. The molecule has 0 spiro atoms. The number of thioether (sulfide) groups is 1. The maximum atomic E-state index is 11.3. The van der Waals surface area contributed by atoms with E-state index in [1.165, 1.54) is 46.0 Å². The number of nitrogens with two attached hydrogens (primary N) is 1. The van der Waals surface area contributed by atoms with Gasteiger partial charge in [-0.2, -0.15) is 13.5 Å². The molecular weight excluding hydrogens is 464 g/mol. The molecular formula is C13H14N6O6S4. The van der Waals surface area contributed by atoms with Crippen LogP contribution in [0.15, 0.2) is 38.3 Å². The van der Waals surface area contributed by atoms with E-state index in [2.05, 4.69) is 29.7 Å². The predicted molar refractivity (Wildman–Crippen MR) is 109 cm³/mol. The molecule has 0 amide bonds. The molecule has 1 aromatic carbocycles. The van der Waals surface area contributed by atoms with Crippen LogP contribution in [0.2, 0.25) is 0 Å². The second-order valence-electron chi connectivity index (χ2n) is 5.28. The smallest absolute Gasteiger partial charge is 0.294 e. The number of fused-ring (bicyclic) bond motifs is 1. The molecule has 0 saturated carbocycles. The van der Waals surface area contributed by atoms with Gasteiger partial charge in [0.1, 0.15) is 5.03 Å². The Morgan fingerprint density at radius 1 is 1.34 bits per heavy atom. The van der Waals surface area contributed by atoms with Gasteiger partial charge < -0.3 is 5.73 Å². The predicted octanol–water partition coefficient (Wildman–Crippen LogP) is 3.44. The van der Waals surface area contributed by atoms with Gasteiger partial charge in [0.05, 0.1) is 15.1 Å². The van der Waals surface area contributed by atoms with Gasteiger partial charge in [0, 0.05) is 30.6 Å². The van der Waals surface area contributed by atoms with Crippen molar-refractivity contribution in [1.29, 1.82) is 0 Å². The lowest BCUT2D eigenvalue weighted by atomic mass is 10.3. The van der Waals surface area contributed by atoms with Crippen LogP contribution in [-0.2, 0) is 26.5 Å². The number of thiazole rings is 1. The summed E-state index contributed by atoms with van der Waals surface area (Å²) in [6.45, 7) is 0. The monoisotopic (exact) mass is 478 g/mol. The fraction of sp³-hybridized carbons (Fsp3) is 0.231. The summed E-state index contributed by atoms with van der Waals surface area (Å²) in [5, 5.41) is 25.0. The Morgan fingerprint density at radius 2 is 2.14 bits per heavy atom. The van der Waals surface area contributed by atoms with Crippen molar-refractivity contribution in [2.24, 2.45) is 17.3 Å². The molecule has 0 aliphatic rings. The minimum Gasteiger partial charge on any atom is -0.382 e. The van der Waals surface area contributed by atoms with Crippen molar-refractivity contribution in [2.45, 2.75) is 9.92 Å². The highest BCUT2D eigenvalue weighted by atomic mass is 32.2. The van der Waals surface area contributed by atoms with E-state index in [0.29, 0.717) is 38.3 Å². The lowest BCUT2D eigenvalue weighted by molar-refractivity contribution is -0.432. The third-order valence-corrected chi connectivity index (χ3v) is 6.91. The number of aromatic nitrogens is 3. The molecule has 0 fully saturated rings. The Balaban J connectivity index is 1.80. The third kappa shape index (κ3) is 5.43. The van der Waals surface area contributed by atoms with E-state index in [1.54, 1.807) is 7.05 Å². The Kier molecular flexibility index (Phi) is 7.06. The SMILES string of the molecule is Cn1nc(SCCSOOO)c(N=Nc2nc3cc(S(=O)(=O)O)ccc3s2)c1N. The quantitative estimate of drug-likeness (QED) is 0.0781. The summed E-state index contributed by atoms with van der Waals surface area (Å²) in [6.07, 6.45) is 0. The van der Waals surface area contributed by atoms with E-state index in [0.717, 1.165) is 12.0 Å². The van der Waals surface area contributed by atoms with Gasteiger partial charge in [0.2, 0.25) is 5.13 Å². The van der Waals surface area contributed by atoms with Gasteiger partial charge >= 0.3 is 0 Å². The molecule has 0 atom stereocenters. The molecule has 0 aliphatic heterocycles. The second kappa shape index (κ2) is 9.35. The van der Waals surface area contributed by atoms with Crippen molar-refractivity contribution in [3.8, 4) is 0 Å². The number of hydrogen-bond donors (Lipinski definition) is 3. The van der Waals surface area contributed by atoms with Crippen molar-refractivity contribution < 1.29 is 27.6 Å². The zero-order valence-corrected chi connectivity index (χ0v) is 17.9. The minimum atomic E-state index is -4.32. The van der Waals surface area contributed by atoms with Crippen molar-refractivity contribution in [2.75, 3.05) is 17.2 Å². The fourth-order valence-corrected chi connectivity index (χ4v) is 4.75. The highest BCUT2D eigenvalue weighted by Gasteiger charge is 2.16. The Hall–Kier alpha value is -1.79. The van der Waals surface area contributed by atoms with E-state index in [9.17, 15) is 8.42 Å². The van der Waals surface area contributed by atoms with Crippen LogP contribution in [0.5, 0.6) is 0 Å². The maximum absolute atomic E-state index is 11.3. The van der Waals surface area contributed by atoms with E-state index in [4.69, 9.17) is 15.5 Å². The summed E-state index contributed by atoms with van der Waals surface area (Å²) in [5.74, 6) is 1.40.